The molecule has 7 heteroatoms. The zero-order chi connectivity index (χ0) is 13.3. The molecule has 1 aromatic carbocycles. The highest BCUT2D eigenvalue weighted by atomic mass is 35.5. The van der Waals surface area contributed by atoms with Crippen LogP contribution in [-0.4, -0.2) is 14.8 Å². The minimum Gasteiger partial charge on any atom is -0.269 e. The van der Waals surface area contributed by atoms with E-state index in [1.165, 1.54) is 12.1 Å². The Morgan fingerprint density at radius 2 is 2.00 bits per heavy atom. The van der Waals surface area contributed by atoms with Crippen LogP contribution in [0.15, 0.2) is 12.1 Å². The van der Waals surface area contributed by atoms with Crippen molar-refractivity contribution in [3.8, 4) is 5.69 Å². The molecule has 0 radical (unpaired) electrons. The number of hydrogen-bond donors (Lipinski definition) is 1. The molecule has 2 rings (SSSR count). The maximum absolute atomic E-state index is 13.2. The summed E-state index contributed by atoms with van der Waals surface area (Å²) in [7, 11) is 0. The van der Waals surface area contributed by atoms with Gasteiger partial charge in [-0.1, -0.05) is 30.1 Å². The Hall–Kier alpha value is -0.910. The first-order chi connectivity index (χ1) is 8.54. The van der Waals surface area contributed by atoms with Crippen molar-refractivity contribution in [2.24, 2.45) is 0 Å². The molecule has 1 aromatic heterocycles. The van der Waals surface area contributed by atoms with E-state index in [1.54, 1.807) is 4.57 Å². The van der Waals surface area contributed by atoms with Gasteiger partial charge in [-0.05, 0) is 30.8 Å². The van der Waals surface area contributed by atoms with Gasteiger partial charge >= 0.3 is 0 Å². The predicted molar refractivity (Wildman–Crippen MR) is 72.7 cm³/mol. The van der Waals surface area contributed by atoms with Gasteiger partial charge in [-0.2, -0.15) is 5.10 Å². The topological polar surface area (TPSA) is 33.6 Å². The third kappa shape index (κ3) is 2.43. The summed E-state index contributed by atoms with van der Waals surface area (Å²) in [4.78, 5) is 0. The van der Waals surface area contributed by atoms with Crippen molar-refractivity contribution in [2.75, 3.05) is 0 Å². The van der Waals surface area contributed by atoms with Crippen LogP contribution in [0.1, 0.15) is 19.2 Å². The van der Waals surface area contributed by atoms with Crippen molar-refractivity contribution in [1.29, 1.82) is 0 Å². The van der Waals surface area contributed by atoms with E-state index in [0.717, 1.165) is 18.7 Å². The molecule has 96 valence electrons. The number of nitrogens with one attached hydrogen (secondary N) is 1. The summed E-state index contributed by atoms with van der Waals surface area (Å²) < 4.78 is 15.2. The predicted octanol–water partition coefficient (Wildman–Crippen LogP) is 4.33. The van der Waals surface area contributed by atoms with Crippen LogP contribution in [0, 0.1) is 10.6 Å². The summed E-state index contributed by atoms with van der Waals surface area (Å²) >= 11 is 17.2. The molecule has 2 aromatic rings. The van der Waals surface area contributed by atoms with E-state index < -0.39 is 5.82 Å². The van der Waals surface area contributed by atoms with E-state index in [9.17, 15) is 4.39 Å². The van der Waals surface area contributed by atoms with Crippen LogP contribution in [0.4, 0.5) is 4.39 Å². The Bertz CT molecular complexity index is 612. The van der Waals surface area contributed by atoms with Gasteiger partial charge in [-0.15, -0.1) is 0 Å². The second-order valence-electron chi connectivity index (χ2n) is 3.75. The van der Waals surface area contributed by atoms with Crippen LogP contribution in [0.2, 0.25) is 10.0 Å². The van der Waals surface area contributed by atoms with Gasteiger partial charge in [0.25, 0.3) is 0 Å². The zero-order valence-corrected chi connectivity index (χ0v) is 11.8. The van der Waals surface area contributed by atoms with Gasteiger partial charge in [-0.25, -0.2) is 4.39 Å². The van der Waals surface area contributed by atoms with E-state index in [2.05, 4.69) is 10.2 Å². The molecule has 0 aliphatic carbocycles. The fourth-order valence-corrected chi connectivity index (χ4v) is 2.57. The van der Waals surface area contributed by atoms with E-state index in [1.807, 2.05) is 6.92 Å². The first kappa shape index (κ1) is 13.5. The molecule has 0 fully saturated rings. The van der Waals surface area contributed by atoms with Gasteiger partial charge in [0.15, 0.2) is 4.77 Å². The lowest BCUT2D eigenvalue weighted by Gasteiger charge is -2.10. The van der Waals surface area contributed by atoms with E-state index in [4.69, 9.17) is 35.4 Å². The molecule has 18 heavy (non-hydrogen) atoms. The Labute approximate surface area is 119 Å². The van der Waals surface area contributed by atoms with Gasteiger partial charge < -0.3 is 0 Å². The maximum Gasteiger partial charge on any atom is 0.199 e. The van der Waals surface area contributed by atoms with E-state index >= 15 is 0 Å². The van der Waals surface area contributed by atoms with Gasteiger partial charge in [0, 0.05) is 6.42 Å². The molecular formula is C11H10Cl2FN3S. The standard InChI is InChI=1S/C11H10Cl2FN3S/c1-2-3-9-15-16-11(18)17(9)10-7(12)4-6(14)5-8(10)13/h4-5H,2-3H2,1H3,(H,16,18). The average Bonchev–Trinajstić information content (AvgIpc) is 2.61. The number of hydrogen-bond acceptors (Lipinski definition) is 2. The van der Waals surface area contributed by atoms with Crippen molar-refractivity contribution in [3.05, 3.63) is 38.6 Å². The minimum absolute atomic E-state index is 0.204. The normalized spacial score (nSPS) is 10.9. The molecule has 0 amide bonds. The molecule has 1 heterocycles. The van der Waals surface area contributed by atoms with Crippen LogP contribution in [0.5, 0.6) is 0 Å². The Morgan fingerprint density at radius 1 is 1.39 bits per heavy atom. The van der Waals surface area contributed by atoms with Crippen LogP contribution >= 0.6 is 35.4 Å². The van der Waals surface area contributed by atoms with Crippen LogP contribution in [-0.2, 0) is 6.42 Å². The molecule has 3 nitrogen and oxygen atoms in total. The quantitative estimate of drug-likeness (QED) is 0.856. The first-order valence-corrected chi connectivity index (χ1v) is 6.52. The number of aromatic nitrogens is 3. The summed E-state index contributed by atoms with van der Waals surface area (Å²) in [5, 5.41) is 7.22. The molecule has 0 atom stereocenters. The van der Waals surface area contributed by atoms with Crippen molar-refractivity contribution in [1.82, 2.24) is 14.8 Å². The van der Waals surface area contributed by atoms with Gasteiger partial charge in [0.05, 0.1) is 15.7 Å². The molecule has 0 saturated heterocycles. The lowest BCUT2D eigenvalue weighted by Crippen LogP contribution is -2.03. The Kier molecular flexibility index (Phi) is 4.04. The van der Waals surface area contributed by atoms with Crippen molar-refractivity contribution < 1.29 is 4.39 Å². The van der Waals surface area contributed by atoms with Crippen molar-refractivity contribution >= 4 is 35.4 Å². The van der Waals surface area contributed by atoms with Gasteiger partial charge in [0.1, 0.15) is 11.6 Å². The molecule has 0 aliphatic heterocycles. The molecule has 0 unspecified atom stereocenters. The summed E-state index contributed by atoms with van der Waals surface area (Å²) in [5.74, 6) is 0.235. The highest BCUT2D eigenvalue weighted by Crippen LogP contribution is 2.30. The second kappa shape index (κ2) is 5.38. The molecule has 0 aliphatic rings. The Morgan fingerprint density at radius 3 is 2.56 bits per heavy atom. The molecule has 0 saturated carbocycles. The number of aromatic amines is 1. The zero-order valence-electron chi connectivity index (χ0n) is 9.51. The fraction of sp³-hybridized carbons (Fsp3) is 0.273. The highest BCUT2D eigenvalue weighted by Gasteiger charge is 2.15. The van der Waals surface area contributed by atoms with Gasteiger partial charge in [0.2, 0.25) is 0 Å². The number of nitrogens with zero attached hydrogens (tertiary/aromatic N) is 2. The minimum atomic E-state index is -0.485. The smallest absolute Gasteiger partial charge is 0.199 e. The van der Waals surface area contributed by atoms with Gasteiger partial charge in [-0.3, -0.25) is 9.67 Å². The summed E-state index contributed by atoms with van der Waals surface area (Å²) in [5.41, 5.74) is 0.460. The van der Waals surface area contributed by atoms with E-state index in [-0.39, 0.29) is 10.0 Å². The SMILES string of the molecule is CCCc1n[nH]c(=S)n1-c1c(Cl)cc(F)cc1Cl. The molecule has 0 spiro atoms. The number of benzene rings is 1. The summed E-state index contributed by atoms with van der Waals surface area (Å²) in [6, 6.07) is 2.40. The summed E-state index contributed by atoms with van der Waals surface area (Å²) in [6.07, 6.45) is 1.62. The number of rotatable bonds is 3. The second-order valence-corrected chi connectivity index (χ2v) is 4.95. The molecular weight excluding hydrogens is 296 g/mol. The Balaban J connectivity index is 2.69. The summed E-state index contributed by atoms with van der Waals surface area (Å²) in [6.45, 7) is 2.02. The average molecular weight is 306 g/mol. The molecule has 0 bridgehead atoms. The monoisotopic (exact) mass is 305 g/mol. The number of aryl methyl sites for hydroxylation is 1. The third-order valence-corrected chi connectivity index (χ3v) is 3.27. The number of halogens is 3. The first-order valence-electron chi connectivity index (χ1n) is 5.35. The highest BCUT2D eigenvalue weighted by molar-refractivity contribution is 7.71. The maximum atomic E-state index is 13.2. The van der Waals surface area contributed by atoms with E-state index in [0.29, 0.717) is 10.5 Å². The largest absolute Gasteiger partial charge is 0.269 e. The number of H-pyrrole nitrogens is 1. The third-order valence-electron chi connectivity index (χ3n) is 2.42. The van der Waals surface area contributed by atoms with Crippen LogP contribution < -0.4 is 0 Å². The lowest BCUT2D eigenvalue weighted by atomic mass is 10.2. The van der Waals surface area contributed by atoms with Crippen LogP contribution in [0.3, 0.4) is 0 Å². The van der Waals surface area contributed by atoms with Crippen LogP contribution in [0.25, 0.3) is 5.69 Å². The fourth-order valence-electron chi connectivity index (χ4n) is 1.70. The molecule has 1 N–H and O–H groups in total. The van der Waals surface area contributed by atoms with Crippen molar-refractivity contribution in [2.45, 2.75) is 19.8 Å². The lowest BCUT2D eigenvalue weighted by molar-refractivity contribution is 0.627. The van der Waals surface area contributed by atoms with Crippen molar-refractivity contribution in [3.63, 3.8) is 0 Å².